The van der Waals surface area contributed by atoms with Gasteiger partial charge in [0.1, 0.15) is 0 Å². The van der Waals surface area contributed by atoms with E-state index in [0.29, 0.717) is 5.82 Å². The first-order valence-electron chi connectivity index (χ1n) is 6.04. The Morgan fingerprint density at radius 1 is 1.29 bits per heavy atom. The highest BCUT2D eigenvalue weighted by Crippen LogP contribution is 2.12. The van der Waals surface area contributed by atoms with Gasteiger partial charge in [-0.15, -0.1) is 0 Å². The minimum atomic E-state index is -0.206. The normalized spacial score (nSPS) is 17.2. The van der Waals surface area contributed by atoms with Gasteiger partial charge in [0, 0.05) is 44.1 Å². The van der Waals surface area contributed by atoms with Crippen molar-refractivity contribution < 1.29 is 0 Å². The number of piperazine rings is 1. The highest BCUT2D eigenvalue weighted by Gasteiger charge is 2.20. The molecule has 0 amide bonds. The van der Waals surface area contributed by atoms with Gasteiger partial charge in [-0.05, 0) is 20.8 Å². The van der Waals surface area contributed by atoms with Crippen LogP contribution in [-0.4, -0.2) is 35.7 Å². The Hall–Kier alpha value is -1.36. The molecule has 0 aromatic carbocycles. The van der Waals surface area contributed by atoms with Crippen LogP contribution in [0.25, 0.3) is 0 Å². The average molecular weight is 236 g/mol. The lowest BCUT2D eigenvalue weighted by Crippen LogP contribution is -2.47. The lowest BCUT2D eigenvalue weighted by Gasteiger charge is -2.29. The summed E-state index contributed by atoms with van der Waals surface area (Å²) in [5.74, 6) is 0.573. The second-order valence-electron chi connectivity index (χ2n) is 5.33. The molecule has 1 aromatic rings. The summed E-state index contributed by atoms with van der Waals surface area (Å²) in [7, 11) is 0. The summed E-state index contributed by atoms with van der Waals surface area (Å²) in [6.45, 7) is 9.58. The first-order chi connectivity index (χ1) is 8.00. The first-order valence-corrected chi connectivity index (χ1v) is 6.04. The molecule has 0 radical (unpaired) electrons. The van der Waals surface area contributed by atoms with Gasteiger partial charge < -0.3 is 14.8 Å². The second kappa shape index (κ2) is 4.49. The van der Waals surface area contributed by atoms with E-state index in [1.807, 2.05) is 20.8 Å². The van der Waals surface area contributed by atoms with Gasteiger partial charge >= 0.3 is 0 Å². The molecule has 0 atom stereocenters. The predicted molar refractivity (Wildman–Crippen MR) is 68.6 cm³/mol. The number of hydrogen-bond donors (Lipinski definition) is 1. The van der Waals surface area contributed by atoms with Crippen molar-refractivity contribution in [3.05, 3.63) is 22.7 Å². The van der Waals surface area contributed by atoms with Gasteiger partial charge in [-0.2, -0.15) is 0 Å². The van der Waals surface area contributed by atoms with Gasteiger partial charge in [0.05, 0.1) is 0 Å². The van der Waals surface area contributed by atoms with Crippen molar-refractivity contribution in [3.8, 4) is 0 Å². The van der Waals surface area contributed by atoms with E-state index in [9.17, 15) is 4.79 Å². The fourth-order valence-electron chi connectivity index (χ4n) is 2.02. The van der Waals surface area contributed by atoms with E-state index in [-0.39, 0.29) is 11.1 Å². The lowest BCUT2D eigenvalue weighted by molar-refractivity contribution is 0.381. The van der Waals surface area contributed by atoms with Gasteiger partial charge in [0.15, 0.2) is 5.82 Å². The summed E-state index contributed by atoms with van der Waals surface area (Å²) in [5.41, 5.74) is -0.204. The third-order valence-corrected chi connectivity index (χ3v) is 2.96. The van der Waals surface area contributed by atoms with E-state index in [2.05, 4.69) is 15.2 Å². The van der Waals surface area contributed by atoms with E-state index >= 15 is 0 Å². The Kier molecular flexibility index (Phi) is 3.19. The summed E-state index contributed by atoms with van der Waals surface area (Å²) in [6.07, 6.45) is 3.47. The number of nitrogens with zero attached hydrogens (tertiary/aromatic N) is 3. The molecular weight excluding hydrogens is 216 g/mol. The zero-order chi connectivity index (χ0) is 12.5. The molecule has 17 heavy (non-hydrogen) atoms. The third-order valence-electron chi connectivity index (χ3n) is 2.96. The second-order valence-corrected chi connectivity index (χ2v) is 5.33. The zero-order valence-electron chi connectivity index (χ0n) is 10.7. The van der Waals surface area contributed by atoms with Gasteiger partial charge in [-0.25, -0.2) is 4.98 Å². The first kappa shape index (κ1) is 12.1. The van der Waals surface area contributed by atoms with Gasteiger partial charge in [-0.1, -0.05) is 0 Å². The van der Waals surface area contributed by atoms with E-state index in [4.69, 9.17) is 0 Å². The van der Waals surface area contributed by atoms with Crippen molar-refractivity contribution >= 4 is 5.82 Å². The number of aromatic nitrogens is 2. The van der Waals surface area contributed by atoms with Crippen molar-refractivity contribution in [1.82, 2.24) is 14.9 Å². The maximum absolute atomic E-state index is 12.4. The van der Waals surface area contributed by atoms with Crippen LogP contribution < -0.4 is 15.8 Å². The fraction of sp³-hybridized carbons (Fsp3) is 0.667. The molecule has 5 heteroatoms. The number of rotatable bonds is 1. The van der Waals surface area contributed by atoms with E-state index in [0.717, 1.165) is 26.2 Å². The molecule has 2 rings (SSSR count). The Morgan fingerprint density at radius 2 is 1.94 bits per heavy atom. The largest absolute Gasteiger partial charge is 0.349 e. The molecule has 1 fully saturated rings. The lowest BCUT2D eigenvalue weighted by atomic mass is 10.1. The van der Waals surface area contributed by atoms with Crippen LogP contribution in [0.2, 0.25) is 0 Å². The van der Waals surface area contributed by atoms with Gasteiger partial charge in [-0.3, -0.25) is 4.79 Å². The molecule has 1 saturated heterocycles. The molecule has 1 aliphatic rings. The highest BCUT2D eigenvalue weighted by molar-refractivity contribution is 5.36. The third kappa shape index (κ3) is 2.49. The van der Waals surface area contributed by atoms with Crippen molar-refractivity contribution in [2.45, 2.75) is 26.3 Å². The summed E-state index contributed by atoms with van der Waals surface area (Å²) < 4.78 is 1.75. The predicted octanol–water partition coefficient (Wildman–Crippen LogP) is 0.408. The highest BCUT2D eigenvalue weighted by atomic mass is 16.1. The Morgan fingerprint density at radius 3 is 2.53 bits per heavy atom. The summed E-state index contributed by atoms with van der Waals surface area (Å²) in [4.78, 5) is 18.7. The number of nitrogens with one attached hydrogen (secondary N) is 1. The Bertz CT molecular complexity index is 441. The number of anilines is 1. The van der Waals surface area contributed by atoms with Crippen LogP contribution in [0, 0.1) is 0 Å². The molecule has 0 bridgehead atoms. The quantitative estimate of drug-likeness (QED) is 0.767. The number of hydrogen-bond acceptors (Lipinski definition) is 4. The smallest absolute Gasteiger partial charge is 0.293 e. The van der Waals surface area contributed by atoms with Gasteiger partial charge in [0.25, 0.3) is 5.56 Å². The van der Waals surface area contributed by atoms with Crippen LogP contribution in [0.15, 0.2) is 17.2 Å². The minimum Gasteiger partial charge on any atom is -0.349 e. The molecule has 0 aliphatic carbocycles. The van der Waals surface area contributed by atoms with E-state index < -0.39 is 0 Å². The Balaban J connectivity index is 2.38. The zero-order valence-corrected chi connectivity index (χ0v) is 10.7. The maximum Gasteiger partial charge on any atom is 0.293 e. The molecule has 0 spiro atoms. The van der Waals surface area contributed by atoms with Gasteiger partial charge in [0.2, 0.25) is 0 Å². The van der Waals surface area contributed by atoms with Crippen LogP contribution >= 0.6 is 0 Å². The van der Waals surface area contributed by atoms with Crippen LogP contribution in [0.4, 0.5) is 5.82 Å². The molecule has 0 saturated carbocycles. The molecule has 5 nitrogen and oxygen atoms in total. The van der Waals surface area contributed by atoms with Crippen molar-refractivity contribution in [2.24, 2.45) is 0 Å². The molecule has 0 unspecified atom stereocenters. The van der Waals surface area contributed by atoms with Crippen LogP contribution in [0.1, 0.15) is 20.8 Å². The summed E-state index contributed by atoms with van der Waals surface area (Å²) in [5, 5.41) is 3.27. The molecule has 2 heterocycles. The molecule has 1 aromatic heterocycles. The molecule has 1 aliphatic heterocycles. The minimum absolute atomic E-state index is 0.00176. The molecule has 1 N–H and O–H groups in total. The van der Waals surface area contributed by atoms with Crippen LogP contribution in [-0.2, 0) is 5.54 Å². The maximum atomic E-state index is 12.4. The molecule has 94 valence electrons. The SMILES string of the molecule is CC(C)(C)n1ccnc(N2CCNCC2)c1=O. The van der Waals surface area contributed by atoms with Crippen molar-refractivity contribution in [1.29, 1.82) is 0 Å². The van der Waals surface area contributed by atoms with Crippen molar-refractivity contribution in [2.75, 3.05) is 31.1 Å². The van der Waals surface area contributed by atoms with Crippen LogP contribution in [0.3, 0.4) is 0 Å². The van der Waals surface area contributed by atoms with Crippen molar-refractivity contribution in [3.63, 3.8) is 0 Å². The molecular formula is C12H20N4O. The standard InChI is InChI=1S/C12H20N4O/c1-12(2,3)16-9-6-14-10(11(16)17)15-7-4-13-5-8-15/h6,9,13H,4-5,7-8H2,1-3H3. The van der Waals surface area contributed by atoms with E-state index in [1.54, 1.807) is 17.0 Å². The Labute approximate surface area is 101 Å². The average Bonchev–Trinajstić information content (AvgIpc) is 2.29. The summed E-state index contributed by atoms with van der Waals surface area (Å²) >= 11 is 0. The monoisotopic (exact) mass is 236 g/mol. The fourth-order valence-corrected chi connectivity index (χ4v) is 2.02. The van der Waals surface area contributed by atoms with Crippen LogP contribution in [0.5, 0.6) is 0 Å². The summed E-state index contributed by atoms with van der Waals surface area (Å²) in [6, 6.07) is 0. The topological polar surface area (TPSA) is 50.2 Å². The van der Waals surface area contributed by atoms with E-state index in [1.165, 1.54) is 0 Å².